The summed E-state index contributed by atoms with van der Waals surface area (Å²) in [6.45, 7) is 9.20. The largest absolute Gasteiger partial charge is 0.352 e. The number of benzene rings is 1. The van der Waals surface area contributed by atoms with Gasteiger partial charge >= 0.3 is 0 Å². The Balaban J connectivity index is 2.72. The van der Waals surface area contributed by atoms with Gasteiger partial charge in [-0.1, -0.05) is 33.8 Å². The molecule has 0 heterocycles. The molecular formula is C15H21BrFNO. The third-order valence-electron chi connectivity index (χ3n) is 3.41. The standard InChI is InChI=1S/C15H21BrFNO/c1-9(2)12(10(3)4)8-18-15(19)11-6-5-7-13(17)14(11)16/h5-7,9-10,12H,8H2,1-4H3,(H,18,19). The minimum atomic E-state index is -0.420. The smallest absolute Gasteiger partial charge is 0.252 e. The molecule has 0 spiro atoms. The van der Waals surface area contributed by atoms with E-state index in [-0.39, 0.29) is 10.4 Å². The molecule has 0 aliphatic carbocycles. The normalized spacial score (nSPS) is 11.4. The van der Waals surface area contributed by atoms with Crippen LogP contribution in [0.15, 0.2) is 22.7 Å². The fourth-order valence-electron chi connectivity index (χ4n) is 2.23. The van der Waals surface area contributed by atoms with Crippen LogP contribution >= 0.6 is 15.9 Å². The highest BCUT2D eigenvalue weighted by Crippen LogP contribution is 2.22. The van der Waals surface area contributed by atoms with Crippen LogP contribution in [0.5, 0.6) is 0 Å². The van der Waals surface area contributed by atoms with Crippen molar-refractivity contribution >= 4 is 21.8 Å². The summed E-state index contributed by atoms with van der Waals surface area (Å²) >= 11 is 3.11. The third-order valence-corrected chi connectivity index (χ3v) is 4.21. The molecule has 1 aromatic carbocycles. The molecule has 2 nitrogen and oxygen atoms in total. The van der Waals surface area contributed by atoms with Gasteiger partial charge in [0, 0.05) is 6.54 Å². The van der Waals surface area contributed by atoms with Crippen LogP contribution in [0, 0.1) is 23.6 Å². The van der Waals surface area contributed by atoms with Crippen LogP contribution in [-0.2, 0) is 0 Å². The molecular weight excluding hydrogens is 309 g/mol. The summed E-state index contributed by atoms with van der Waals surface area (Å²) in [6.07, 6.45) is 0. The van der Waals surface area contributed by atoms with E-state index >= 15 is 0 Å². The lowest BCUT2D eigenvalue weighted by Crippen LogP contribution is -2.34. The first-order valence-corrected chi connectivity index (χ1v) is 7.36. The molecule has 0 radical (unpaired) electrons. The van der Waals surface area contributed by atoms with Crippen molar-refractivity contribution in [2.24, 2.45) is 17.8 Å². The molecule has 106 valence electrons. The predicted molar refractivity (Wildman–Crippen MR) is 79.6 cm³/mol. The van der Waals surface area contributed by atoms with Gasteiger partial charge in [-0.25, -0.2) is 4.39 Å². The van der Waals surface area contributed by atoms with E-state index in [1.54, 1.807) is 6.07 Å². The minimum absolute atomic E-state index is 0.221. The highest BCUT2D eigenvalue weighted by atomic mass is 79.9. The van der Waals surface area contributed by atoms with E-state index in [2.05, 4.69) is 48.9 Å². The summed E-state index contributed by atoms with van der Waals surface area (Å²) in [5.41, 5.74) is 0.339. The number of amides is 1. The first-order chi connectivity index (χ1) is 8.84. The lowest BCUT2D eigenvalue weighted by atomic mass is 9.85. The Morgan fingerprint density at radius 3 is 2.37 bits per heavy atom. The molecule has 0 atom stereocenters. The molecule has 0 bridgehead atoms. The van der Waals surface area contributed by atoms with Crippen LogP contribution in [0.1, 0.15) is 38.1 Å². The predicted octanol–water partition coefficient (Wildman–Crippen LogP) is 4.25. The van der Waals surface area contributed by atoms with E-state index in [0.29, 0.717) is 29.9 Å². The van der Waals surface area contributed by atoms with Crippen LogP contribution in [0.3, 0.4) is 0 Å². The van der Waals surface area contributed by atoms with Crippen molar-refractivity contribution < 1.29 is 9.18 Å². The van der Waals surface area contributed by atoms with Gasteiger partial charge in [0.1, 0.15) is 5.82 Å². The number of halogens is 2. The van der Waals surface area contributed by atoms with Crippen molar-refractivity contribution in [3.63, 3.8) is 0 Å². The lowest BCUT2D eigenvalue weighted by molar-refractivity contribution is 0.0936. The fraction of sp³-hybridized carbons (Fsp3) is 0.533. The maximum absolute atomic E-state index is 13.4. The van der Waals surface area contributed by atoms with Gasteiger partial charge in [-0.05, 0) is 45.8 Å². The maximum atomic E-state index is 13.4. The topological polar surface area (TPSA) is 29.1 Å². The van der Waals surface area contributed by atoms with E-state index in [1.807, 2.05) is 0 Å². The summed E-state index contributed by atoms with van der Waals surface area (Å²) < 4.78 is 13.6. The van der Waals surface area contributed by atoms with Crippen LogP contribution < -0.4 is 5.32 Å². The zero-order chi connectivity index (χ0) is 14.6. The summed E-state index contributed by atoms with van der Waals surface area (Å²) in [7, 11) is 0. The fourth-order valence-corrected chi connectivity index (χ4v) is 2.67. The third kappa shape index (κ3) is 4.30. The average Bonchev–Trinajstić information content (AvgIpc) is 2.31. The van der Waals surface area contributed by atoms with Crippen LogP contribution in [0.4, 0.5) is 4.39 Å². The van der Waals surface area contributed by atoms with Gasteiger partial charge in [0.15, 0.2) is 0 Å². The molecule has 1 aromatic rings. The molecule has 0 fully saturated rings. The molecule has 0 unspecified atom stereocenters. The first-order valence-electron chi connectivity index (χ1n) is 6.56. The number of rotatable bonds is 5. The molecule has 0 saturated carbocycles. The second-order valence-corrected chi connectivity index (χ2v) is 6.26. The highest BCUT2D eigenvalue weighted by Gasteiger charge is 2.19. The summed E-state index contributed by atoms with van der Waals surface area (Å²) in [5, 5.41) is 2.89. The highest BCUT2D eigenvalue weighted by molar-refractivity contribution is 9.10. The monoisotopic (exact) mass is 329 g/mol. The van der Waals surface area contributed by atoms with Crippen molar-refractivity contribution in [1.82, 2.24) is 5.32 Å². The van der Waals surface area contributed by atoms with Crippen molar-refractivity contribution in [1.29, 1.82) is 0 Å². The maximum Gasteiger partial charge on any atom is 0.252 e. The van der Waals surface area contributed by atoms with Crippen LogP contribution in [0.2, 0.25) is 0 Å². The molecule has 1 N–H and O–H groups in total. The zero-order valence-electron chi connectivity index (χ0n) is 11.8. The number of carbonyl (C=O) groups is 1. The number of hydrogen-bond acceptors (Lipinski definition) is 1. The molecule has 1 amide bonds. The first kappa shape index (κ1) is 16.2. The second-order valence-electron chi connectivity index (χ2n) is 5.46. The summed E-state index contributed by atoms with van der Waals surface area (Å²) in [6, 6.07) is 4.48. The van der Waals surface area contributed by atoms with Crippen molar-refractivity contribution in [3.8, 4) is 0 Å². The van der Waals surface area contributed by atoms with Gasteiger partial charge in [0.05, 0.1) is 10.0 Å². The Morgan fingerprint density at radius 1 is 1.26 bits per heavy atom. The Kier molecular flexibility index (Phi) is 5.98. The zero-order valence-corrected chi connectivity index (χ0v) is 13.4. The lowest BCUT2D eigenvalue weighted by Gasteiger charge is -2.25. The van der Waals surface area contributed by atoms with E-state index in [9.17, 15) is 9.18 Å². The molecule has 1 rings (SSSR count). The van der Waals surface area contributed by atoms with Crippen molar-refractivity contribution in [2.45, 2.75) is 27.7 Å². The van der Waals surface area contributed by atoms with Gasteiger partial charge in [0.25, 0.3) is 5.91 Å². The number of nitrogens with one attached hydrogen (secondary N) is 1. The Bertz CT molecular complexity index is 438. The van der Waals surface area contributed by atoms with Crippen molar-refractivity contribution in [3.05, 3.63) is 34.1 Å². The Hall–Kier alpha value is -0.900. The van der Waals surface area contributed by atoms with Gasteiger partial charge in [0.2, 0.25) is 0 Å². The van der Waals surface area contributed by atoms with Crippen molar-refractivity contribution in [2.75, 3.05) is 6.54 Å². The van der Waals surface area contributed by atoms with Gasteiger partial charge < -0.3 is 5.32 Å². The second kappa shape index (κ2) is 7.04. The van der Waals surface area contributed by atoms with E-state index in [1.165, 1.54) is 12.1 Å². The quantitative estimate of drug-likeness (QED) is 0.859. The SMILES string of the molecule is CC(C)C(CNC(=O)c1cccc(F)c1Br)C(C)C. The number of carbonyl (C=O) groups excluding carboxylic acids is 1. The molecule has 0 aromatic heterocycles. The molecule has 0 aliphatic heterocycles. The molecule has 0 saturated heterocycles. The molecule has 0 aliphatic rings. The molecule has 4 heteroatoms. The Labute approximate surface area is 122 Å². The number of hydrogen-bond donors (Lipinski definition) is 1. The van der Waals surface area contributed by atoms with Gasteiger partial charge in [-0.3, -0.25) is 4.79 Å². The summed E-state index contributed by atoms with van der Waals surface area (Å²) in [5.74, 6) is 0.748. The Morgan fingerprint density at radius 2 is 1.84 bits per heavy atom. The minimum Gasteiger partial charge on any atom is -0.352 e. The summed E-state index contributed by atoms with van der Waals surface area (Å²) in [4.78, 5) is 12.1. The van der Waals surface area contributed by atoms with E-state index in [4.69, 9.17) is 0 Å². The van der Waals surface area contributed by atoms with Gasteiger partial charge in [-0.2, -0.15) is 0 Å². The van der Waals surface area contributed by atoms with E-state index < -0.39 is 5.82 Å². The molecule has 19 heavy (non-hydrogen) atoms. The van der Waals surface area contributed by atoms with E-state index in [0.717, 1.165) is 0 Å². The van der Waals surface area contributed by atoms with Gasteiger partial charge in [-0.15, -0.1) is 0 Å². The van der Waals surface area contributed by atoms with Crippen LogP contribution in [0.25, 0.3) is 0 Å². The average molecular weight is 330 g/mol. The van der Waals surface area contributed by atoms with Crippen LogP contribution in [-0.4, -0.2) is 12.5 Å².